The number of nitrogens with one attached hydrogen (secondary N) is 1. The summed E-state index contributed by atoms with van der Waals surface area (Å²) in [7, 11) is -2.07. The number of aryl methyl sites for hydroxylation is 2. The monoisotopic (exact) mass is 493 g/mol. The first-order chi connectivity index (χ1) is 16.8. The molecule has 1 aliphatic heterocycles. The lowest BCUT2D eigenvalue weighted by Crippen LogP contribution is -2.35. The van der Waals surface area contributed by atoms with Crippen LogP contribution < -0.4 is 14.4 Å². The second-order valence-corrected chi connectivity index (χ2v) is 10.4. The van der Waals surface area contributed by atoms with Gasteiger partial charge < -0.3 is 14.5 Å². The minimum atomic E-state index is -3.72. The van der Waals surface area contributed by atoms with E-state index in [9.17, 15) is 13.2 Å². The summed E-state index contributed by atoms with van der Waals surface area (Å²) >= 11 is 0. The standard InChI is InChI=1S/C27H31N3O4S/c1-20-5-6-21(2)26(19-20)35(32,33)28-23-9-7-22(8-10-23)27(31)30-16-4-15-29(17-18-30)24-11-13-25(34-3)14-12-24/h5-14,19,28H,4,15-18H2,1-3H3. The summed E-state index contributed by atoms with van der Waals surface area (Å²) in [4.78, 5) is 17.5. The summed E-state index contributed by atoms with van der Waals surface area (Å²) in [5.41, 5.74) is 3.63. The highest BCUT2D eigenvalue weighted by atomic mass is 32.2. The molecule has 3 aromatic rings. The van der Waals surface area contributed by atoms with E-state index in [0.717, 1.165) is 36.5 Å². The van der Waals surface area contributed by atoms with E-state index < -0.39 is 10.0 Å². The van der Waals surface area contributed by atoms with Gasteiger partial charge in [-0.15, -0.1) is 0 Å². The molecule has 0 saturated carbocycles. The maximum atomic E-state index is 13.1. The third-order valence-electron chi connectivity index (χ3n) is 6.24. The fraction of sp³-hybridized carbons (Fsp3) is 0.296. The van der Waals surface area contributed by atoms with Crippen molar-refractivity contribution in [3.63, 3.8) is 0 Å². The van der Waals surface area contributed by atoms with Crippen molar-refractivity contribution in [2.75, 3.05) is 42.9 Å². The molecule has 184 valence electrons. The normalized spacial score (nSPS) is 14.4. The molecule has 0 aliphatic carbocycles. The van der Waals surface area contributed by atoms with E-state index >= 15 is 0 Å². The topological polar surface area (TPSA) is 79.0 Å². The number of amides is 1. The number of rotatable bonds is 6. The number of carbonyl (C=O) groups is 1. The number of hydrogen-bond donors (Lipinski definition) is 1. The zero-order valence-corrected chi connectivity index (χ0v) is 21.1. The second-order valence-electron chi connectivity index (χ2n) is 8.78. The largest absolute Gasteiger partial charge is 0.497 e. The van der Waals surface area contributed by atoms with Crippen LogP contribution in [-0.2, 0) is 10.0 Å². The van der Waals surface area contributed by atoms with Crippen LogP contribution in [0.15, 0.2) is 71.6 Å². The van der Waals surface area contributed by atoms with Crippen LogP contribution in [0.25, 0.3) is 0 Å². The average Bonchev–Trinajstić information content (AvgIpc) is 3.12. The van der Waals surface area contributed by atoms with Crippen molar-refractivity contribution in [1.82, 2.24) is 4.90 Å². The molecular weight excluding hydrogens is 462 g/mol. The third kappa shape index (κ3) is 5.77. The van der Waals surface area contributed by atoms with Gasteiger partial charge in [-0.05, 0) is 86.0 Å². The van der Waals surface area contributed by atoms with Crippen LogP contribution in [0, 0.1) is 13.8 Å². The minimum absolute atomic E-state index is 0.0504. The highest BCUT2D eigenvalue weighted by molar-refractivity contribution is 7.92. The van der Waals surface area contributed by atoms with Crippen molar-refractivity contribution in [1.29, 1.82) is 0 Å². The molecule has 0 aromatic heterocycles. The Hall–Kier alpha value is -3.52. The first kappa shape index (κ1) is 24.6. The Bertz CT molecular complexity index is 1290. The van der Waals surface area contributed by atoms with Crippen LogP contribution in [-0.4, -0.2) is 52.5 Å². The number of ether oxygens (including phenoxy) is 1. The van der Waals surface area contributed by atoms with Crippen molar-refractivity contribution >= 4 is 27.3 Å². The van der Waals surface area contributed by atoms with Gasteiger partial charge >= 0.3 is 0 Å². The molecule has 35 heavy (non-hydrogen) atoms. The summed E-state index contributed by atoms with van der Waals surface area (Å²) in [5.74, 6) is 0.769. The number of carbonyl (C=O) groups excluding carboxylic acids is 1. The van der Waals surface area contributed by atoms with Crippen molar-refractivity contribution in [3.8, 4) is 5.75 Å². The lowest BCUT2D eigenvalue weighted by Gasteiger charge is -2.24. The summed E-state index contributed by atoms with van der Waals surface area (Å²) in [5, 5.41) is 0. The predicted octanol–water partition coefficient (Wildman–Crippen LogP) is 4.47. The zero-order valence-electron chi connectivity index (χ0n) is 20.3. The summed E-state index contributed by atoms with van der Waals surface area (Å²) in [6.07, 6.45) is 0.867. The van der Waals surface area contributed by atoms with E-state index in [1.54, 1.807) is 50.4 Å². The molecule has 4 rings (SSSR count). The first-order valence-electron chi connectivity index (χ1n) is 11.7. The molecule has 7 nitrogen and oxygen atoms in total. The van der Waals surface area contributed by atoms with Gasteiger partial charge in [-0.3, -0.25) is 9.52 Å². The molecule has 1 N–H and O–H groups in total. The van der Waals surface area contributed by atoms with Gasteiger partial charge in [-0.2, -0.15) is 0 Å². The van der Waals surface area contributed by atoms with Gasteiger partial charge in [-0.1, -0.05) is 12.1 Å². The number of nitrogens with zero attached hydrogens (tertiary/aromatic N) is 2. The quantitative estimate of drug-likeness (QED) is 0.548. The Kier molecular flexibility index (Phi) is 7.31. The van der Waals surface area contributed by atoms with Crippen molar-refractivity contribution < 1.29 is 17.9 Å². The van der Waals surface area contributed by atoms with Gasteiger partial charge in [0.1, 0.15) is 5.75 Å². The van der Waals surface area contributed by atoms with Crippen molar-refractivity contribution in [2.45, 2.75) is 25.2 Å². The Morgan fingerprint density at radius 3 is 2.29 bits per heavy atom. The van der Waals surface area contributed by atoms with E-state index in [0.29, 0.717) is 29.9 Å². The van der Waals surface area contributed by atoms with Gasteiger partial charge in [0.2, 0.25) is 0 Å². The molecule has 1 saturated heterocycles. The number of sulfonamides is 1. The van der Waals surface area contributed by atoms with E-state index in [4.69, 9.17) is 4.74 Å². The van der Waals surface area contributed by atoms with Crippen LogP contribution >= 0.6 is 0 Å². The SMILES string of the molecule is COc1ccc(N2CCCN(C(=O)c3ccc(NS(=O)(=O)c4cc(C)ccc4C)cc3)CC2)cc1. The third-order valence-corrected chi connectivity index (χ3v) is 7.76. The average molecular weight is 494 g/mol. The summed E-state index contributed by atoms with van der Waals surface area (Å²) < 4.78 is 33.6. The minimum Gasteiger partial charge on any atom is -0.497 e. The van der Waals surface area contributed by atoms with Gasteiger partial charge in [0.15, 0.2) is 0 Å². The molecule has 0 atom stereocenters. The number of hydrogen-bond acceptors (Lipinski definition) is 5. The zero-order chi connectivity index (χ0) is 25.0. The maximum absolute atomic E-state index is 13.1. The number of methoxy groups -OCH3 is 1. The molecule has 1 amide bonds. The van der Waals surface area contributed by atoms with Crippen LogP contribution in [0.2, 0.25) is 0 Å². The van der Waals surface area contributed by atoms with Crippen LogP contribution in [0.5, 0.6) is 5.75 Å². The Labute approximate surface area is 207 Å². The highest BCUT2D eigenvalue weighted by Gasteiger charge is 2.21. The molecule has 8 heteroatoms. The summed E-state index contributed by atoms with van der Waals surface area (Å²) in [6.45, 7) is 6.53. The van der Waals surface area contributed by atoms with E-state index in [1.165, 1.54) is 0 Å². The van der Waals surface area contributed by atoms with E-state index in [2.05, 4.69) is 9.62 Å². The number of benzene rings is 3. The lowest BCUT2D eigenvalue weighted by atomic mass is 10.2. The van der Waals surface area contributed by atoms with E-state index in [1.807, 2.05) is 42.2 Å². The van der Waals surface area contributed by atoms with Crippen LogP contribution in [0.3, 0.4) is 0 Å². The van der Waals surface area contributed by atoms with Crippen LogP contribution in [0.1, 0.15) is 27.9 Å². The molecular formula is C27H31N3O4S. The highest BCUT2D eigenvalue weighted by Crippen LogP contribution is 2.23. The molecule has 1 aliphatic rings. The Balaban J connectivity index is 1.41. The van der Waals surface area contributed by atoms with Gasteiger partial charge in [0, 0.05) is 43.1 Å². The van der Waals surface area contributed by atoms with Gasteiger partial charge in [0.25, 0.3) is 15.9 Å². The Morgan fingerprint density at radius 1 is 0.886 bits per heavy atom. The first-order valence-corrected chi connectivity index (χ1v) is 13.1. The fourth-order valence-electron chi connectivity index (χ4n) is 4.24. The molecule has 0 spiro atoms. The van der Waals surface area contributed by atoms with Crippen molar-refractivity contribution in [3.05, 3.63) is 83.4 Å². The smallest absolute Gasteiger partial charge is 0.262 e. The molecule has 0 bridgehead atoms. The van der Waals surface area contributed by atoms with E-state index in [-0.39, 0.29) is 10.8 Å². The predicted molar refractivity (Wildman–Crippen MR) is 139 cm³/mol. The second kappa shape index (κ2) is 10.4. The molecule has 0 radical (unpaired) electrons. The van der Waals surface area contributed by atoms with Gasteiger partial charge in [-0.25, -0.2) is 8.42 Å². The van der Waals surface area contributed by atoms with Crippen molar-refractivity contribution in [2.24, 2.45) is 0 Å². The fourth-order valence-corrected chi connectivity index (χ4v) is 5.63. The molecule has 1 heterocycles. The lowest BCUT2D eigenvalue weighted by molar-refractivity contribution is 0.0767. The number of anilines is 2. The van der Waals surface area contributed by atoms with Crippen LogP contribution in [0.4, 0.5) is 11.4 Å². The van der Waals surface area contributed by atoms with Gasteiger partial charge in [0.05, 0.1) is 12.0 Å². The summed E-state index contributed by atoms with van der Waals surface area (Å²) in [6, 6.07) is 19.9. The molecule has 3 aromatic carbocycles. The maximum Gasteiger partial charge on any atom is 0.262 e. The Morgan fingerprint density at radius 2 is 1.60 bits per heavy atom. The molecule has 1 fully saturated rings. The molecule has 0 unspecified atom stereocenters.